The first-order chi connectivity index (χ1) is 7.19. The monoisotopic (exact) mass is 211 g/mol. The van der Waals surface area contributed by atoms with E-state index in [0.29, 0.717) is 13.0 Å². The molecule has 0 saturated heterocycles. The summed E-state index contributed by atoms with van der Waals surface area (Å²) in [6, 6.07) is -0.0346. The number of esters is 1. The maximum atomic E-state index is 11.5. The lowest BCUT2D eigenvalue weighted by Gasteiger charge is -2.21. The Morgan fingerprint density at radius 3 is 2.47 bits per heavy atom. The van der Waals surface area contributed by atoms with Crippen molar-refractivity contribution in [3.63, 3.8) is 0 Å². The number of carbonyl (C=O) groups excluding carboxylic acids is 1. The molecule has 0 bridgehead atoms. The maximum Gasteiger partial charge on any atom is 0.323 e. The van der Waals surface area contributed by atoms with Crippen LogP contribution in [0.2, 0.25) is 0 Å². The molecule has 3 heteroatoms. The van der Waals surface area contributed by atoms with Crippen molar-refractivity contribution in [3.8, 4) is 12.3 Å². The molecule has 0 aliphatic rings. The molecule has 1 N–H and O–H groups in total. The molecule has 0 saturated carbocycles. The van der Waals surface area contributed by atoms with Gasteiger partial charge >= 0.3 is 5.97 Å². The van der Waals surface area contributed by atoms with Crippen molar-refractivity contribution in [2.24, 2.45) is 0 Å². The van der Waals surface area contributed by atoms with Gasteiger partial charge in [-0.25, -0.2) is 0 Å². The zero-order valence-corrected chi connectivity index (χ0v) is 9.88. The van der Waals surface area contributed by atoms with E-state index >= 15 is 0 Å². The number of hydrogen-bond donors (Lipinski definition) is 1. The number of rotatable bonds is 7. The second-order valence-corrected chi connectivity index (χ2v) is 3.39. The zero-order valence-electron chi connectivity index (χ0n) is 9.88. The van der Waals surface area contributed by atoms with Crippen molar-refractivity contribution < 1.29 is 9.53 Å². The predicted molar refractivity (Wildman–Crippen MR) is 61.4 cm³/mol. The second-order valence-electron chi connectivity index (χ2n) is 3.39. The van der Waals surface area contributed by atoms with Gasteiger partial charge in [0, 0.05) is 12.5 Å². The molecule has 3 nitrogen and oxygen atoms in total. The van der Waals surface area contributed by atoms with Crippen LogP contribution in [0.15, 0.2) is 0 Å². The maximum absolute atomic E-state index is 11.5. The molecule has 2 atom stereocenters. The van der Waals surface area contributed by atoms with E-state index in [1.54, 1.807) is 0 Å². The molecule has 0 heterocycles. The highest BCUT2D eigenvalue weighted by molar-refractivity contribution is 5.75. The van der Waals surface area contributed by atoms with Gasteiger partial charge in [-0.3, -0.25) is 4.79 Å². The lowest BCUT2D eigenvalue weighted by atomic mass is 10.1. The van der Waals surface area contributed by atoms with Gasteiger partial charge in [-0.15, -0.1) is 12.3 Å². The SMILES string of the molecule is C#CCC(CC)NC(CC)C(=O)OCC. The Kier molecular flexibility index (Phi) is 7.75. The molecule has 86 valence electrons. The molecule has 0 aliphatic carbocycles. The third-order valence-corrected chi connectivity index (χ3v) is 2.27. The van der Waals surface area contributed by atoms with E-state index in [4.69, 9.17) is 11.2 Å². The normalized spacial score (nSPS) is 14.0. The highest BCUT2D eigenvalue weighted by atomic mass is 16.5. The molecule has 0 rings (SSSR count). The topological polar surface area (TPSA) is 38.3 Å². The van der Waals surface area contributed by atoms with E-state index in [-0.39, 0.29) is 18.1 Å². The summed E-state index contributed by atoms with van der Waals surface area (Å²) in [6.45, 7) is 6.23. The Labute approximate surface area is 92.6 Å². The fraction of sp³-hybridized carbons (Fsp3) is 0.750. The number of nitrogens with one attached hydrogen (secondary N) is 1. The van der Waals surface area contributed by atoms with E-state index in [9.17, 15) is 4.79 Å². The van der Waals surface area contributed by atoms with Gasteiger partial charge in [-0.05, 0) is 19.8 Å². The van der Waals surface area contributed by atoms with Crippen molar-refractivity contribution >= 4 is 5.97 Å². The molecule has 2 unspecified atom stereocenters. The van der Waals surface area contributed by atoms with Gasteiger partial charge in [-0.2, -0.15) is 0 Å². The van der Waals surface area contributed by atoms with Crippen LogP contribution in [0.5, 0.6) is 0 Å². The van der Waals surface area contributed by atoms with E-state index < -0.39 is 0 Å². The smallest absolute Gasteiger partial charge is 0.323 e. The van der Waals surface area contributed by atoms with Gasteiger partial charge in [0.2, 0.25) is 0 Å². The molecule has 0 fully saturated rings. The van der Waals surface area contributed by atoms with Gasteiger partial charge in [-0.1, -0.05) is 13.8 Å². The molecule has 0 aromatic heterocycles. The third kappa shape index (κ3) is 5.44. The minimum Gasteiger partial charge on any atom is -0.465 e. The number of carbonyl (C=O) groups is 1. The van der Waals surface area contributed by atoms with Crippen LogP contribution < -0.4 is 5.32 Å². The first-order valence-electron chi connectivity index (χ1n) is 5.55. The van der Waals surface area contributed by atoms with E-state index in [0.717, 1.165) is 12.8 Å². The van der Waals surface area contributed by atoms with Gasteiger partial charge in [0.15, 0.2) is 0 Å². The molecule has 0 aromatic rings. The lowest BCUT2D eigenvalue weighted by molar-refractivity contribution is -0.146. The summed E-state index contributed by atoms with van der Waals surface area (Å²) in [5.41, 5.74) is 0. The average Bonchev–Trinajstić information content (AvgIpc) is 2.24. The van der Waals surface area contributed by atoms with Gasteiger partial charge in [0.25, 0.3) is 0 Å². The molecule has 0 amide bonds. The standard InChI is InChI=1S/C12H21NO2/c1-5-9-10(6-2)13-11(7-3)12(14)15-8-4/h1,10-11,13H,6-9H2,2-4H3. The molecule has 0 spiro atoms. The summed E-state index contributed by atoms with van der Waals surface area (Å²) in [5.74, 6) is 2.42. The Bertz CT molecular complexity index is 220. The highest BCUT2D eigenvalue weighted by Crippen LogP contribution is 2.02. The van der Waals surface area contributed by atoms with E-state index in [1.807, 2.05) is 20.8 Å². The van der Waals surface area contributed by atoms with Crippen LogP contribution in [0.3, 0.4) is 0 Å². The zero-order chi connectivity index (χ0) is 11.7. The van der Waals surface area contributed by atoms with Crippen LogP contribution in [0.1, 0.15) is 40.0 Å². The Morgan fingerprint density at radius 2 is 2.07 bits per heavy atom. The summed E-state index contributed by atoms with van der Waals surface area (Å²) in [5, 5.41) is 3.22. The molecule has 0 aromatic carbocycles. The summed E-state index contributed by atoms with van der Waals surface area (Å²) < 4.78 is 4.97. The fourth-order valence-electron chi connectivity index (χ4n) is 1.34. The Balaban J connectivity index is 4.17. The van der Waals surface area contributed by atoms with E-state index in [1.165, 1.54) is 0 Å². The summed E-state index contributed by atoms with van der Waals surface area (Å²) in [7, 11) is 0. The summed E-state index contributed by atoms with van der Waals surface area (Å²) >= 11 is 0. The van der Waals surface area contributed by atoms with Crippen molar-refractivity contribution in [3.05, 3.63) is 0 Å². The van der Waals surface area contributed by atoms with Gasteiger partial charge in [0.05, 0.1) is 6.61 Å². The average molecular weight is 211 g/mol. The van der Waals surface area contributed by atoms with Crippen LogP contribution >= 0.6 is 0 Å². The first kappa shape index (κ1) is 14.0. The van der Waals surface area contributed by atoms with Crippen LogP contribution in [0, 0.1) is 12.3 Å². The lowest BCUT2D eigenvalue weighted by Crippen LogP contribution is -2.43. The van der Waals surface area contributed by atoms with Gasteiger partial charge in [0.1, 0.15) is 6.04 Å². The first-order valence-corrected chi connectivity index (χ1v) is 5.55. The van der Waals surface area contributed by atoms with Crippen LogP contribution in [-0.2, 0) is 9.53 Å². The van der Waals surface area contributed by atoms with Crippen LogP contribution in [-0.4, -0.2) is 24.7 Å². The number of hydrogen-bond acceptors (Lipinski definition) is 3. The Hall–Kier alpha value is -1.01. The second kappa shape index (κ2) is 8.31. The predicted octanol–water partition coefficient (Wildman–Crippen LogP) is 1.72. The molecule has 15 heavy (non-hydrogen) atoms. The number of ether oxygens (including phenoxy) is 1. The van der Waals surface area contributed by atoms with Crippen molar-refractivity contribution in [1.82, 2.24) is 5.32 Å². The Morgan fingerprint density at radius 1 is 1.40 bits per heavy atom. The molecule has 0 radical (unpaired) electrons. The minimum atomic E-state index is -0.233. The van der Waals surface area contributed by atoms with Crippen molar-refractivity contribution in [1.29, 1.82) is 0 Å². The summed E-state index contributed by atoms with van der Waals surface area (Å²) in [4.78, 5) is 11.5. The van der Waals surface area contributed by atoms with Crippen molar-refractivity contribution in [2.75, 3.05) is 6.61 Å². The molecular weight excluding hydrogens is 190 g/mol. The van der Waals surface area contributed by atoms with Gasteiger partial charge < -0.3 is 10.1 Å². The third-order valence-electron chi connectivity index (χ3n) is 2.27. The van der Waals surface area contributed by atoms with Crippen molar-refractivity contribution in [2.45, 2.75) is 52.1 Å². The summed E-state index contributed by atoms with van der Waals surface area (Å²) in [6.07, 6.45) is 7.53. The van der Waals surface area contributed by atoms with Crippen LogP contribution in [0.4, 0.5) is 0 Å². The quantitative estimate of drug-likeness (QED) is 0.515. The van der Waals surface area contributed by atoms with Crippen LogP contribution in [0.25, 0.3) is 0 Å². The molecule has 0 aliphatic heterocycles. The fourth-order valence-corrected chi connectivity index (χ4v) is 1.34. The minimum absolute atomic E-state index is 0.185. The number of terminal acetylenes is 1. The van der Waals surface area contributed by atoms with E-state index in [2.05, 4.69) is 11.2 Å². The largest absolute Gasteiger partial charge is 0.465 e. The molecular formula is C12H21NO2. The highest BCUT2D eigenvalue weighted by Gasteiger charge is 2.19.